The summed E-state index contributed by atoms with van der Waals surface area (Å²) < 4.78 is 10.5. The Morgan fingerprint density at radius 1 is 0.489 bits per heavy atom. The third-order valence-electron chi connectivity index (χ3n) is 9.23. The molecule has 0 fully saturated rings. The largest absolute Gasteiger partial charge is 0.294 e. The van der Waals surface area contributed by atoms with Gasteiger partial charge in [-0.3, -0.25) is 17.9 Å². The number of imidazole rings is 2. The number of nitrogens with zero attached hydrogens (tertiary/aromatic N) is 6. The summed E-state index contributed by atoms with van der Waals surface area (Å²) >= 11 is 1.72. The number of hydrogen-bond acceptors (Lipinski definition) is 3. The minimum atomic E-state index is 0.682. The van der Waals surface area contributed by atoms with Gasteiger partial charge in [0.2, 0.25) is 5.95 Å². The molecule has 45 heavy (non-hydrogen) atoms. The topological polar surface area (TPSA) is 44.5 Å². The van der Waals surface area contributed by atoms with Crippen LogP contribution in [-0.2, 0) is 0 Å². The molecule has 0 aliphatic heterocycles. The van der Waals surface area contributed by atoms with Crippen LogP contribution in [0.4, 0.5) is 0 Å². The van der Waals surface area contributed by atoms with E-state index < -0.39 is 0 Å². The van der Waals surface area contributed by atoms with Crippen LogP contribution in [0.5, 0.6) is 0 Å². The van der Waals surface area contributed by atoms with E-state index >= 15 is 0 Å². The van der Waals surface area contributed by atoms with E-state index in [1.165, 1.54) is 37.4 Å². The average Bonchev–Trinajstić information content (AvgIpc) is 3.87. The molecule has 11 rings (SSSR count). The molecule has 0 amide bonds. The van der Waals surface area contributed by atoms with Crippen LogP contribution in [-0.4, -0.2) is 27.9 Å². The molecule has 11 aromatic rings. The average molecular weight is 595 g/mol. The Labute approximate surface area is 259 Å². The van der Waals surface area contributed by atoms with E-state index in [-0.39, 0.29) is 0 Å². The standard InChI is InChI=1S/C38H22N6S/c1-3-11-28-23(9-1)19-35-41(29-12-4-5-13-30(29)42(28)35)25-18-17-24-20-36-43(33(24)21-25)31-14-6-7-15-32(31)44(36)38-39-22-27-26-10-2-8-16-34(26)45-37(27)40-38/h1-22H. The molecule has 0 unspecified atom stereocenters. The van der Waals surface area contributed by atoms with Gasteiger partial charge in [0.05, 0.1) is 33.1 Å². The highest BCUT2D eigenvalue weighted by atomic mass is 32.1. The van der Waals surface area contributed by atoms with Gasteiger partial charge < -0.3 is 0 Å². The number of benzene rings is 5. The van der Waals surface area contributed by atoms with Gasteiger partial charge in [-0.1, -0.05) is 66.7 Å². The molecule has 6 heterocycles. The smallest absolute Gasteiger partial charge is 0.237 e. The molecule has 0 N–H and O–H groups in total. The highest BCUT2D eigenvalue weighted by Crippen LogP contribution is 2.36. The fourth-order valence-electron chi connectivity index (χ4n) is 7.31. The van der Waals surface area contributed by atoms with E-state index in [9.17, 15) is 0 Å². The first-order chi connectivity index (χ1) is 22.3. The summed E-state index contributed by atoms with van der Waals surface area (Å²) in [6, 6.07) is 45.6. The molecule has 0 saturated carbocycles. The molecule has 210 valence electrons. The summed E-state index contributed by atoms with van der Waals surface area (Å²) in [5.41, 5.74) is 10.2. The summed E-state index contributed by atoms with van der Waals surface area (Å²) in [4.78, 5) is 11.0. The van der Waals surface area contributed by atoms with Crippen molar-refractivity contribution in [3.8, 4) is 11.6 Å². The van der Waals surface area contributed by atoms with Crippen molar-refractivity contribution >= 4 is 86.8 Å². The van der Waals surface area contributed by atoms with Crippen molar-refractivity contribution in [2.24, 2.45) is 0 Å². The Kier molecular flexibility index (Phi) is 4.38. The lowest BCUT2D eigenvalue weighted by Crippen LogP contribution is -2.00. The second kappa shape index (κ2) is 8.37. The van der Waals surface area contributed by atoms with Crippen molar-refractivity contribution in [1.82, 2.24) is 27.9 Å². The summed E-state index contributed by atoms with van der Waals surface area (Å²) in [6.07, 6.45) is 1.98. The Morgan fingerprint density at radius 2 is 1.11 bits per heavy atom. The number of para-hydroxylation sites is 5. The van der Waals surface area contributed by atoms with Gasteiger partial charge in [0, 0.05) is 38.1 Å². The number of hydrogen-bond donors (Lipinski definition) is 0. The summed E-state index contributed by atoms with van der Waals surface area (Å²) in [7, 11) is 0. The number of aromatic nitrogens is 6. The van der Waals surface area contributed by atoms with Gasteiger partial charge in [0.25, 0.3) is 0 Å². The lowest BCUT2D eigenvalue weighted by atomic mass is 10.2. The molecule has 7 heteroatoms. The third kappa shape index (κ3) is 3.02. The maximum Gasteiger partial charge on any atom is 0.237 e. The zero-order valence-electron chi connectivity index (χ0n) is 23.8. The molecule has 0 atom stereocenters. The lowest BCUT2D eigenvalue weighted by molar-refractivity contribution is 1.00. The summed E-state index contributed by atoms with van der Waals surface area (Å²) in [5, 5.41) is 4.71. The van der Waals surface area contributed by atoms with Crippen LogP contribution in [0.1, 0.15) is 0 Å². The molecule has 0 radical (unpaired) electrons. The van der Waals surface area contributed by atoms with E-state index in [2.05, 4.69) is 145 Å². The Bertz CT molecular complexity index is 3000. The number of rotatable bonds is 2. The molecule has 0 bridgehead atoms. The van der Waals surface area contributed by atoms with E-state index in [1.807, 2.05) is 6.20 Å². The lowest BCUT2D eigenvalue weighted by Gasteiger charge is -2.07. The van der Waals surface area contributed by atoms with Crippen molar-refractivity contribution in [2.45, 2.75) is 0 Å². The molecule has 0 spiro atoms. The highest BCUT2D eigenvalue weighted by Gasteiger charge is 2.20. The van der Waals surface area contributed by atoms with Gasteiger partial charge in [-0.25, -0.2) is 9.97 Å². The van der Waals surface area contributed by atoms with Crippen LogP contribution in [0.25, 0.3) is 87.1 Å². The second-order valence-corrected chi connectivity index (χ2v) is 12.6. The van der Waals surface area contributed by atoms with Crippen molar-refractivity contribution in [2.75, 3.05) is 0 Å². The molecular weight excluding hydrogens is 573 g/mol. The first kappa shape index (κ1) is 23.5. The third-order valence-corrected chi connectivity index (χ3v) is 10.3. The van der Waals surface area contributed by atoms with Gasteiger partial charge in [0.15, 0.2) is 0 Å². The molecule has 6 aromatic heterocycles. The molecule has 0 saturated heterocycles. The Morgan fingerprint density at radius 3 is 1.93 bits per heavy atom. The van der Waals surface area contributed by atoms with Crippen molar-refractivity contribution in [1.29, 1.82) is 0 Å². The molecule has 6 nitrogen and oxygen atoms in total. The number of thiophene rings is 1. The van der Waals surface area contributed by atoms with Crippen molar-refractivity contribution in [3.63, 3.8) is 0 Å². The van der Waals surface area contributed by atoms with Gasteiger partial charge in [0.1, 0.15) is 16.1 Å². The first-order valence-corrected chi connectivity index (χ1v) is 15.8. The number of fused-ring (bicyclic) bond motifs is 13. The zero-order chi connectivity index (χ0) is 29.2. The summed E-state index contributed by atoms with van der Waals surface area (Å²) in [6.45, 7) is 0. The van der Waals surface area contributed by atoms with Crippen molar-refractivity contribution < 1.29 is 0 Å². The fourth-order valence-corrected chi connectivity index (χ4v) is 8.36. The predicted molar refractivity (Wildman–Crippen MR) is 186 cm³/mol. The SMILES string of the molecule is c1ccc2c(c1)cc1n(-c3ccc4cc5n(-c6ncc7c(n6)sc6ccccc67)c6ccccc6n5c4c3)c3ccccc3n21. The van der Waals surface area contributed by atoms with Crippen LogP contribution in [0.3, 0.4) is 0 Å². The van der Waals surface area contributed by atoms with Gasteiger partial charge >= 0.3 is 0 Å². The second-order valence-electron chi connectivity index (χ2n) is 11.6. The monoisotopic (exact) mass is 594 g/mol. The maximum atomic E-state index is 5.12. The predicted octanol–water partition coefficient (Wildman–Crippen LogP) is 9.54. The van der Waals surface area contributed by atoms with E-state index in [4.69, 9.17) is 9.97 Å². The van der Waals surface area contributed by atoms with Crippen LogP contribution >= 0.6 is 11.3 Å². The van der Waals surface area contributed by atoms with Crippen molar-refractivity contribution in [3.05, 3.63) is 134 Å². The molecule has 0 aliphatic rings. The highest BCUT2D eigenvalue weighted by molar-refractivity contribution is 7.25. The van der Waals surface area contributed by atoms with Gasteiger partial charge in [-0.15, -0.1) is 11.3 Å². The van der Waals surface area contributed by atoms with Gasteiger partial charge in [-0.05, 0) is 60.7 Å². The minimum Gasteiger partial charge on any atom is -0.294 e. The van der Waals surface area contributed by atoms with E-state index in [0.717, 1.165) is 43.7 Å². The van der Waals surface area contributed by atoms with Crippen LogP contribution in [0.15, 0.2) is 134 Å². The van der Waals surface area contributed by atoms with Crippen LogP contribution in [0, 0.1) is 0 Å². The molecule has 0 aliphatic carbocycles. The zero-order valence-corrected chi connectivity index (χ0v) is 24.6. The summed E-state index contributed by atoms with van der Waals surface area (Å²) in [5.74, 6) is 0.682. The van der Waals surface area contributed by atoms with E-state index in [0.29, 0.717) is 5.95 Å². The maximum absolute atomic E-state index is 5.12. The van der Waals surface area contributed by atoms with E-state index in [1.54, 1.807) is 11.3 Å². The fraction of sp³-hybridized carbons (Fsp3) is 0. The molecule has 5 aromatic carbocycles. The minimum absolute atomic E-state index is 0.682. The first-order valence-electron chi connectivity index (χ1n) is 15.0. The van der Waals surface area contributed by atoms with Gasteiger partial charge in [-0.2, -0.15) is 0 Å². The Balaban J connectivity index is 1.20. The normalized spacial score (nSPS) is 12.4. The quantitative estimate of drug-likeness (QED) is 0.200. The Hall–Kier alpha value is -5.92. The van der Waals surface area contributed by atoms with Crippen LogP contribution in [0.2, 0.25) is 0 Å². The van der Waals surface area contributed by atoms with Crippen LogP contribution < -0.4 is 0 Å². The molecular formula is C38H22N6S.